The van der Waals surface area contributed by atoms with E-state index in [1.54, 1.807) is 18.2 Å². The van der Waals surface area contributed by atoms with Crippen molar-refractivity contribution >= 4 is 5.69 Å². The first kappa shape index (κ1) is 19.4. The molecule has 0 saturated heterocycles. The van der Waals surface area contributed by atoms with E-state index in [0.717, 1.165) is 28.9 Å². The molecule has 9 heteroatoms. The number of hydrogen-bond acceptors (Lipinski definition) is 5. The fourth-order valence-electron chi connectivity index (χ4n) is 2.85. The molecule has 0 fully saturated rings. The van der Waals surface area contributed by atoms with Crippen molar-refractivity contribution in [3.63, 3.8) is 0 Å². The molecule has 0 atom stereocenters. The van der Waals surface area contributed by atoms with Gasteiger partial charge in [0.2, 0.25) is 5.82 Å². The Labute approximate surface area is 169 Å². The molecule has 30 heavy (non-hydrogen) atoms. The van der Waals surface area contributed by atoms with Crippen LogP contribution in [0.2, 0.25) is 0 Å². The van der Waals surface area contributed by atoms with Crippen LogP contribution in [-0.4, -0.2) is 20.6 Å². The summed E-state index contributed by atoms with van der Waals surface area (Å²) in [5, 5.41) is 17.2. The van der Waals surface area contributed by atoms with Crippen LogP contribution in [-0.2, 0) is 12.7 Å². The average Bonchev–Trinajstić information content (AvgIpc) is 3.27. The van der Waals surface area contributed by atoms with Crippen LogP contribution in [0.4, 0.5) is 18.9 Å². The normalized spacial score (nSPS) is 11.3. The summed E-state index contributed by atoms with van der Waals surface area (Å²) in [6.07, 6.45) is -4.42. The van der Waals surface area contributed by atoms with Crippen LogP contribution in [0, 0.1) is 0 Å². The highest BCUT2D eigenvalue weighted by atomic mass is 19.4. The third-order valence-corrected chi connectivity index (χ3v) is 4.26. The van der Waals surface area contributed by atoms with Gasteiger partial charge >= 0.3 is 6.18 Å². The van der Waals surface area contributed by atoms with Gasteiger partial charge in [0, 0.05) is 17.8 Å². The summed E-state index contributed by atoms with van der Waals surface area (Å²) in [6, 6.07) is 19.5. The molecule has 0 amide bonds. The van der Waals surface area contributed by atoms with Gasteiger partial charge in [-0.1, -0.05) is 30.3 Å². The van der Waals surface area contributed by atoms with Gasteiger partial charge < -0.3 is 10.1 Å². The van der Waals surface area contributed by atoms with E-state index in [9.17, 15) is 13.2 Å². The van der Waals surface area contributed by atoms with Crippen molar-refractivity contribution in [3.8, 4) is 22.9 Å². The fraction of sp³-hybridized carbons (Fsp3) is 0.0952. The SMILES string of the molecule is FC(F)(F)c1cccc(Oc2cccc(CNc3cccc(-c4nn[nH]n4)c3)c2)c1. The zero-order chi connectivity index (χ0) is 21.0. The van der Waals surface area contributed by atoms with Crippen molar-refractivity contribution in [2.75, 3.05) is 5.32 Å². The monoisotopic (exact) mass is 411 g/mol. The molecule has 0 aliphatic carbocycles. The molecule has 2 N–H and O–H groups in total. The number of halogens is 3. The molecule has 0 bridgehead atoms. The number of alkyl halides is 3. The maximum atomic E-state index is 12.9. The van der Waals surface area contributed by atoms with Crippen molar-refractivity contribution < 1.29 is 17.9 Å². The van der Waals surface area contributed by atoms with E-state index in [0.29, 0.717) is 18.1 Å². The van der Waals surface area contributed by atoms with Crippen LogP contribution < -0.4 is 10.1 Å². The number of tetrazole rings is 1. The Kier molecular flexibility index (Phi) is 5.34. The van der Waals surface area contributed by atoms with Crippen LogP contribution in [0.1, 0.15) is 11.1 Å². The topological polar surface area (TPSA) is 75.7 Å². The standard InChI is InChI=1S/C21H16F3N5O/c22-21(23,24)16-6-3-9-19(12-16)30-18-8-1-4-14(10-18)13-25-17-7-2-5-15(11-17)20-26-28-29-27-20/h1-12,25H,13H2,(H,26,27,28,29). The second kappa shape index (κ2) is 8.24. The summed E-state index contributed by atoms with van der Waals surface area (Å²) >= 11 is 0. The summed E-state index contributed by atoms with van der Waals surface area (Å²) in [5.74, 6) is 1.08. The average molecular weight is 411 g/mol. The van der Waals surface area contributed by atoms with Crippen LogP contribution in [0.5, 0.6) is 11.5 Å². The minimum Gasteiger partial charge on any atom is -0.457 e. The Bertz CT molecular complexity index is 1130. The molecule has 0 aliphatic rings. The molecule has 3 aromatic carbocycles. The number of anilines is 1. The van der Waals surface area contributed by atoms with E-state index in [1.165, 1.54) is 12.1 Å². The zero-order valence-electron chi connectivity index (χ0n) is 15.5. The number of aromatic amines is 1. The zero-order valence-corrected chi connectivity index (χ0v) is 15.5. The number of ether oxygens (including phenoxy) is 1. The lowest BCUT2D eigenvalue weighted by Gasteiger charge is -2.12. The Morgan fingerprint density at radius 3 is 2.43 bits per heavy atom. The molecular weight excluding hydrogens is 395 g/mol. The Morgan fingerprint density at radius 2 is 1.67 bits per heavy atom. The van der Waals surface area contributed by atoms with Crippen molar-refractivity contribution in [1.29, 1.82) is 0 Å². The quantitative estimate of drug-likeness (QED) is 0.451. The lowest BCUT2D eigenvalue weighted by Crippen LogP contribution is -2.04. The van der Waals surface area contributed by atoms with Crippen molar-refractivity contribution in [2.24, 2.45) is 0 Å². The summed E-state index contributed by atoms with van der Waals surface area (Å²) in [7, 11) is 0. The van der Waals surface area contributed by atoms with Gasteiger partial charge in [-0.3, -0.25) is 0 Å². The van der Waals surface area contributed by atoms with Gasteiger partial charge in [0.15, 0.2) is 0 Å². The minimum absolute atomic E-state index is 0.128. The van der Waals surface area contributed by atoms with Crippen molar-refractivity contribution in [3.05, 3.63) is 83.9 Å². The van der Waals surface area contributed by atoms with E-state index >= 15 is 0 Å². The maximum Gasteiger partial charge on any atom is 0.416 e. The van der Waals surface area contributed by atoms with E-state index < -0.39 is 11.7 Å². The molecule has 4 aromatic rings. The number of rotatable bonds is 6. The Balaban J connectivity index is 1.44. The van der Waals surface area contributed by atoms with Gasteiger partial charge in [-0.25, -0.2) is 0 Å². The lowest BCUT2D eigenvalue weighted by molar-refractivity contribution is -0.137. The molecule has 0 spiro atoms. The van der Waals surface area contributed by atoms with Crippen LogP contribution in [0.15, 0.2) is 72.8 Å². The van der Waals surface area contributed by atoms with Crippen LogP contribution in [0.3, 0.4) is 0 Å². The van der Waals surface area contributed by atoms with Gasteiger partial charge in [0.1, 0.15) is 11.5 Å². The fourth-order valence-corrected chi connectivity index (χ4v) is 2.85. The highest BCUT2D eigenvalue weighted by molar-refractivity contribution is 5.61. The van der Waals surface area contributed by atoms with Crippen LogP contribution in [0.25, 0.3) is 11.4 Å². The molecule has 0 saturated carbocycles. The molecule has 4 rings (SSSR count). The van der Waals surface area contributed by atoms with Gasteiger partial charge in [-0.05, 0) is 53.2 Å². The number of benzene rings is 3. The van der Waals surface area contributed by atoms with Gasteiger partial charge in [-0.2, -0.15) is 18.4 Å². The van der Waals surface area contributed by atoms with Gasteiger partial charge in [-0.15, -0.1) is 10.2 Å². The minimum atomic E-state index is -4.42. The second-order valence-electron chi connectivity index (χ2n) is 6.44. The molecule has 1 heterocycles. The van der Waals surface area contributed by atoms with E-state index in [-0.39, 0.29) is 5.75 Å². The summed E-state index contributed by atoms with van der Waals surface area (Å²) in [6.45, 7) is 0.496. The maximum absolute atomic E-state index is 12.9. The first-order chi connectivity index (χ1) is 14.5. The number of H-pyrrole nitrogens is 1. The molecular formula is C21H16F3N5O. The van der Waals surface area contributed by atoms with E-state index in [1.807, 2.05) is 30.3 Å². The number of nitrogens with one attached hydrogen (secondary N) is 2. The van der Waals surface area contributed by atoms with Crippen molar-refractivity contribution in [2.45, 2.75) is 12.7 Å². The largest absolute Gasteiger partial charge is 0.457 e. The Hall–Kier alpha value is -3.88. The predicted molar refractivity (Wildman–Crippen MR) is 105 cm³/mol. The second-order valence-corrected chi connectivity index (χ2v) is 6.44. The van der Waals surface area contributed by atoms with E-state index in [2.05, 4.69) is 25.9 Å². The number of nitrogens with zero attached hydrogens (tertiary/aromatic N) is 3. The summed E-state index contributed by atoms with van der Waals surface area (Å²) in [5.41, 5.74) is 1.83. The van der Waals surface area contributed by atoms with Gasteiger partial charge in [0.25, 0.3) is 0 Å². The number of hydrogen-bond donors (Lipinski definition) is 2. The summed E-state index contributed by atoms with van der Waals surface area (Å²) in [4.78, 5) is 0. The first-order valence-corrected chi connectivity index (χ1v) is 8.99. The Morgan fingerprint density at radius 1 is 0.900 bits per heavy atom. The van der Waals surface area contributed by atoms with E-state index in [4.69, 9.17) is 4.74 Å². The lowest BCUT2D eigenvalue weighted by atomic mass is 10.1. The molecule has 152 valence electrons. The predicted octanol–water partition coefficient (Wildman–Crippen LogP) is 5.29. The third-order valence-electron chi connectivity index (χ3n) is 4.26. The first-order valence-electron chi connectivity index (χ1n) is 8.99. The molecule has 1 aromatic heterocycles. The smallest absolute Gasteiger partial charge is 0.416 e. The van der Waals surface area contributed by atoms with Gasteiger partial charge in [0.05, 0.1) is 5.56 Å². The summed E-state index contributed by atoms with van der Waals surface area (Å²) < 4.78 is 44.2. The number of aromatic nitrogens is 4. The molecule has 0 radical (unpaired) electrons. The molecule has 0 aliphatic heterocycles. The van der Waals surface area contributed by atoms with Crippen molar-refractivity contribution in [1.82, 2.24) is 20.6 Å². The third kappa shape index (κ3) is 4.75. The van der Waals surface area contributed by atoms with Crippen LogP contribution >= 0.6 is 0 Å². The molecule has 0 unspecified atom stereocenters. The molecule has 6 nitrogen and oxygen atoms in total. The highest BCUT2D eigenvalue weighted by Crippen LogP contribution is 2.32. The highest BCUT2D eigenvalue weighted by Gasteiger charge is 2.30.